The highest BCUT2D eigenvalue weighted by atomic mass is 32.2. The molecule has 0 spiro atoms. The van der Waals surface area contributed by atoms with Crippen LogP contribution in [0.25, 0.3) is 10.5 Å². The van der Waals surface area contributed by atoms with Crippen LogP contribution in [0, 0.1) is 0 Å². The Kier molecular flexibility index (Phi) is 6.15. The SMILES string of the molecule is CC(/C=C1\C=C(c2ccccc2)C=C(c2ccccc2)S1)=C1C=CC(=[N+](C)C)C=C1. The molecule has 148 valence electrons. The number of nitrogens with zero attached hydrogens (tertiary/aromatic N) is 1. The molecule has 1 aliphatic carbocycles. The molecule has 0 N–H and O–H groups in total. The Labute approximate surface area is 183 Å². The first-order valence-corrected chi connectivity index (χ1v) is 11.0. The van der Waals surface area contributed by atoms with E-state index in [-0.39, 0.29) is 0 Å². The predicted octanol–water partition coefficient (Wildman–Crippen LogP) is 6.90. The van der Waals surface area contributed by atoms with E-state index in [0.717, 1.165) is 0 Å². The van der Waals surface area contributed by atoms with E-state index in [4.69, 9.17) is 0 Å². The van der Waals surface area contributed by atoms with Gasteiger partial charge in [0.15, 0.2) is 5.71 Å². The molecule has 0 radical (unpaired) electrons. The summed E-state index contributed by atoms with van der Waals surface area (Å²) in [6.45, 7) is 2.19. The van der Waals surface area contributed by atoms with Crippen molar-refractivity contribution in [2.45, 2.75) is 6.92 Å². The molecule has 1 aliphatic heterocycles. The van der Waals surface area contributed by atoms with Gasteiger partial charge in [0.25, 0.3) is 0 Å². The van der Waals surface area contributed by atoms with Crippen molar-refractivity contribution in [3.8, 4) is 0 Å². The third-order valence-electron chi connectivity index (χ3n) is 5.18. The van der Waals surface area contributed by atoms with Crippen molar-refractivity contribution < 1.29 is 4.58 Å². The van der Waals surface area contributed by atoms with Crippen molar-refractivity contribution in [3.63, 3.8) is 0 Å². The fourth-order valence-corrected chi connectivity index (χ4v) is 4.57. The van der Waals surface area contributed by atoms with E-state index in [1.165, 1.54) is 43.4 Å². The maximum atomic E-state index is 2.30. The van der Waals surface area contributed by atoms with E-state index in [1.54, 1.807) is 0 Å². The van der Waals surface area contributed by atoms with E-state index >= 15 is 0 Å². The van der Waals surface area contributed by atoms with Crippen LogP contribution in [0.15, 0.2) is 119 Å². The molecular formula is C28H26NS+. The molecule has 2 aromatic rings. The molecule has 0 amide bonds. The van der Waals surface area contributed by atoms with Crippen LogP contribution < -0.4 is 0 Å². The Balaban J connectivity index is 1.73. The molecule has 1 nitrogen and oxygen atoms in total. The molecule has 1 heterocycles. The maximum absolute atomic E-state index is 2.30. The van der Waals surface area contributed by atoms with Gasteiger partial charge in [-0.05, 0) is 65.2 Å². The van der Waals surface area contributed by atoms with Crippen LogP contribution in [-0.2, 0) is 0 Å². The summed E-state index contributed by atoms with van der Waals surface area (Å²) < 4.78 is 2.13. The van der Waals surface area contributed by atoms with Gasteiger partial charge in [0, 0.05) is 22.0 Å². The minimum absolute atomic E-state index is 1.21. The van der Waals surface area contributed by atoms with Gasteiger partial charge in [-0.3, -0.25) is 0 Å². The predicted molar refractivity (Wildman–Crippen MR) is 133 cm³/mol. The second-order valence-electron chi connectivity index (χ2n) is 7.61. The molecule has 4 rings (SSSR count). The highest BCUT2D eigenvalue weighted by Gasteiger charge is 2.14. The van der Waals surface area contributed by atoms with Crippen molar-refractivity contribution in [3.05, 3.63) is 130 Å². The minimum Gasteiger partial charge on any atom is -0.235 e. The van der Waals surface area contributed by atoms with Gasteiger partial charge >= 0.3 is 0 Å². The Hall–Kier alpha value is -3.10. The fraction of sp³-hybridized carbons (Fsp3) is 0.107. The van der Waals surface area contributed by atoms with E-state index in [0.29, 0.717) is 0 Å². The third-order valence-corrected chi connectivity index (χ3v) is 6.22. The van der Waals surface area contributed by atoms with Crippen LogP contribution in [0.4, 0.5) is 0 Å². The highest BCUT2D eigenvalue weighted by molar-refractivity contribution is 8.12. The summed E-state index contributed by atoms with van der Waals surface area (Å²) in [7, 11) is 4.14. The molecule has 2 heteroatoms. The van der Waals surface area contributed by atoms with Crippen LogP contribution >= 0.6 is 11.8 Å². The Morgan fingerprint density at radius 3 is 1.97 bits per heavy atom. The van der Waals surface area contributed by atoms with Crippen molar-refractivity contribution in [2.24, 2.45) is 0 Å². The van der Waals surface area contributed by atoms with Crippen molar-refractivity contribution in [2.75, 3.05) is 14.1 Å². The Morgan fingerprint density at radius 2 is 1.37 bits per heavy atom. The zero-order chi connectivity index (χ0) is 20.9. The normalized spacial score (nSPS) is 17.1. The van der Waals surface area contributed by atoms with E-state index in [2.05, 4.69) is 129 Å². The van der Waals surface area contributed by atoms with Crippen LogP contribution in [-0.4, -0.2) is 24.4 Å². The lowest BCUT2D eigenvalue weighted by molar-refractivity contribution is -0.462. The molecule has 30 heavy (non-hydrogen) atoms. The van der Waals surface area contributed by atoms with Gasteiger partial charge in [-0.1, -0.05) is 72.4 Å². The van der Waals surface area contributed by atoms with Gasteiger partial charge in [0.05, 0.1) is 0 Å². The number of hydrogen-bond acceptors (Lipinski definition) is 1. The fourth-order valence-electron chi connectivity index (χ4n) is 3.45. The van der Waals surface area contributed by atoms with Crippen LogP contribution in [0.3, 0.4) is 0 Å². The van der Waals surface area contributed by atoms with Gasteiger partial charge in [-0.2, -0.15) is 0 Å². The van der Waals surface area contributed by atoms with Gasteiger partial charge in [-0.15, -0.1) is 0 Å². The van der Waals surface area contributed by atoms with Crippen molar-refractivity contribution in [1.29, 1.82) is 0 Å². The number of thioether (sulfide) groups is 1. The number of benzene rings is 2. The average Bonchev–Trinajstić information content (AvgIpc) is 2.80. The molecular weight excluding hydrogens is 382 g/mol. The summed E-state index contributed by atoms with van der Waals surface area (Å²) in [6.07, 6.45) is 15.6. The Morgan fingerprint density at radius 1 is 0.767 bits per heavy atom. The smallest absolute Gasteiger partial charge is 0.199 e. The molecule has 2 aliphatic rings. The zero-order valence-electron chi connectivity index (χ0n) is 17.7. The summed E-state index contributed by atoms with van der Waals surface area (Å²) >= 11 is 1.83. The summed E-state index contributed by atoms with van der Waals surface area (Å²) in [5.74, 6) is 0. The second-order valence-corrected chi connectivity index (χ2v) is 8.73. The molecule has 0 bridgehead atoms. The standard InChI is InChI=1S/C28H26NS/c1-21(22-14-16-26(17-15-22)29(2)3)18-27-19-25(23-10-6-4-7-11-23)20-28(30-27)24-12-8-5-9-13-24/h4-20H,1-3H3/q+1/b27-18+. The first kappa shape index (κ1) is 20.2. The highest BCUT2D eigenvalue weighted by Crippen LogP contribution is 2.42. The first-order valence-electron chi connectivity index (χ1n) is 10.2. The van der Waals surface area contributed by atoms with Crippen molar-refractivity contribution >= 4 is 28.0 Å². The Bertz CT molecular complexity index is 1130. The molecule has 0 unspecified atom stereocenters. The first-order chi connectivity index (χ1) is 14.6. The van der Waals surface area contributed by atoms with E-state index in [9.17, 15) is 0 Å². The summed E-state index contributed by atoms with van der Waals surface area (Å²) in [5, 5.41) is 0. The van der Waals surface area contributed by atoms with Crippen LogP contribution in [0.5, 0.6) is 0 Å². The summed E-state index contributed by atoms with van der Waals surface area (Å²) in [4.78, 5) is 2.53. The lowest BCUT2D eigenvalue weighted by Crippen LogP contribution is -2.09. The van der Waals surface area contributed by atoms with Gasteiger partial charge in [0.2, 0.25) is 0 Å². The molecule has 0 aromatic heterocycles. The molecule has 0 fully saturated rings. The number of allylic oxidation sites excluding steroid dienone is 10. The lowest BCUT2D eigenvalue weighted by Gasteiger charge is -2.17. The monoisotopic (exact) mass is 408 g/mol. The summed E-state index contributed by atoms with van der Waals surface area (Å²) in [5.41, 5.74) is 7.47. The zero-order valence-corrected chi connectivity index (χ0v) is 18.5. The number of rotatable bonds is 3. The maximum Gasteiger partial charge on any atom is 0.199 e. The average molecular weight is 409 g/mol. The van der Waals surface area contributed by atoms with E-state index < -0.39 is 0 Å². The summed E-state index contributed by atoms with van der Waals surface area (Å²) in [6, 6.07) is 21.2. The topological polar surface area (TPSA) is 3.01 Å². The lowest BCUT2D eigenvalue weighted by atomic mass is 10.0. The molecule has 2 aromatic carbocycles. The quantitative estimate of drug-likeness (QED) is 0.499. The molecule has 0 saturated heterocycles. The molecule has 0 saturated carbocycles. The van der Waals surface area contributed by atoms with Gasteiger partial charge in [-0.25, -0.2) is 4.58 Å². The largest absolute Gasteiger partial charge is 0.235 e. The van der Waals surface area contributed by atoms with E-state index in [1.807, 2.05) is 11.8 Å². The van der Waals surface area contributed by atoms with Gasteiger partial charge < -0.3 is 0 Å². The molecule has 0 atom stereocenters. The van der Waals surface area contributed by atoms with Gasteiger partial charge in [0.1, 0.15) is 14.1 Å². The van der Waals surface area contributed by atoms with Crippen molar-refractivity contribution in [1.82, 2.24) is 0 Å². The van der Waals surface area contributed by atoms with Crippen LogP contribution in [0.1, 0.15) is 18.1 Å². The third kappa shape index (κ3) is 4.72. The number of hydrogen-bond donors (Lipinski definition) is 0. The second kappa shape index (κ2) is 9.15. The minimum atomic E-state index is 1.21. The van der Waals surface area contributed by atoms with Crippen LogP contribution in [0.2, 0.25) is 0 Å².